The molecule has 1 atom stereocenters. The molecule has 39 heavy (non-hydrogen) atoms. The number of hydrogen-bond acceptors (Lipinski definition) is 7. The van der Waals surface area contributed by atoms with Crippen molar-refractivity contribution in [2.75, 3.05) is 18.4 Å². The highest BCUT2D eigenvalue weighted by molar-refractivity contribution is 6.30. The largest absolute Gasteiger partial charge is 0.387 e. The minimum Gasteiger partial charge on any atom is -0.387 e. The Bertz CT molecular complexity index is 1720. The van der Waals surface area contributed by atoms with Crippen molar-refractivity contribution in [3.63, 3.8) is 0 Å². The van der Waals surface area contributed by atoms with Gasteiger partial charge in [-0.1, -0.05) is 23.7 Å². The summed E-state index contributed by atoms with van der Waals surface area (Å²) in [6.07, 6.45) is 4.28. The van der Waals surface area contributed by atoms with Gasteiger partial charge >= 0.3 is 0 Å². The zero-order valence-electron chi connectivity index (χ0n) is 20.4. The number of imidazole rings is 2. The van der Waals surface area contributed by atoms with Crippen LogP contribution in [-0.2, 0) is 6.42 Å². The van der Waals surface area contributed by atoms with Gasteiger partial charge in [0, 0.05) is 42.6 Å². The molecular formula is C27H22ClN7O4. The molecule has 3 aromatic heterocycles. The maximum atomic E-state index is 13.0. The summed E-state index contributed by atoms with van der Waals surface area (Å²) in [7, 11) is 0. The summed E-state index contributed by atoms with van der Waals surface area (Å²) in [5.74, 6) is -0.523. The van der Waals surface area contributed by atoms with Gasteiger partial charge in [0.1, 0.15) is 11.4 Å². The van der Waals surface area contributed by atoms with E-state index in [1.807, 2.05) is 0 Å². The minimum atomic E-state index is -0.872. The summed E-state index contributed by atoms with van der Waals surface area (Å²) >= 11 is 6.03. The van der Waals surface area contributed by atoms with Crippen molar-refractivity contribution in [2.45, 2.75) is 12.5 Å². The number of aromatic nitrogens is 5. The Balaban J connectivity index is 1.27. The third-order valence-electron chi connectivity index (χ3n) is 6.65. The van der Waals surface area contributed by atoms with Crippen molar-refractivity contribution in [3.05, 3.63) is 98.9 Å². The van der Waals surface area contributed by atoms with Crippen molar-refractivity contribution < 1.29 is 14.7 Å². The van der Waals surface area contributed by atoms with Crippen LogP contribution in [0.1, 0.15) is 38.1 Å². The van der Waals surface area contributed by atoms with Crippen LogP contribution < -0.4 is 10.9 Å². The first-order chi connectivity index (χ1) is 18.9. The molecule has 2 aromatic carbocycles. The van der Waals surface area contributed by atoms with Crippen molar-refractivity contribution in [1.82, 2.24) is 29.8 Å². The number of fused-ring (bicyclic) bond motifs is 2. The summed E-state index contributed by atoms with van der Waals surface area (Å²) < 4.78 is 0. The highest BCUT2D eigenvalue weighted by Gasteiger charge is 2.36. The van der Waals surface area contributed by atoms with Crippen LogP contribution in [-0.4, -0.2) is 59.8 Å². The lowest BCUT2D eigenvalue weighted by Crippen LogP contribution is -2.31. The minimum absolute atomic E-state index is 0.114. The molecular weight excluding hydrogens is 522 g/mol. The maximum Gasteiger partial charge on any atom is 0.261 e. The SMILES string of the molecule is O=C1c2cc3nc(-c4c(NCC(O)c5cccc(Cl)c5)cc[nH]c4=O)[nH]c3cc2C(=O)N1CCc1cnc[nH]1. The third-order valence-corrected chi connectivity index (χ3v) is 6.88. The number of aliphatic hydroxyl groups excluding tert-OH is 1. The molecule has 0 radical (unpaired) electrons. The van der Waals surface area contributed by atoms with Crippen molar-refractivity contribution in [3.8, 4) is 11.4 Å². The van der Waals surface area contributed by atoms with Crippen molar-refractivity contribution >= 4 is 40.1 Å². The molecule has 12 heteroatoms. The standard InChI is InChI=1S/C27H22ClN7O4/c28-15-3-1-2-14(8-15)22(36)12-31-19-4-6-30-25(37)23(19)24-33-20-9-17-18(10-21(20)34-24)27(39)35(26(17)38)7-5-16-11-29-13-32-16/h1-4,6,8-11,13,22,36H,5,7,12H2,(H,29,32)(H,33,34)(H2,30,31,37). The average molecular weight is 544 g/mol. The molecule has 11 nitrogen and oxygen atoms in total. The fraction of sp³-hybridized carbons (Fsp3) is 0.148. The Kier molecular flexibility index (Phi) is 6.21. The molecule has 0 saturated carbocycles. The number of imide groups is 1. The van der Waals surface area contributed by atoms with Gasteiger partial charge in [0.2, 0.25) is 0 Å². The number of hydrogen-bond donors (Lipinski definition) is 5. The highest BCUT2D eigenvalue weighted by atomic mass is 35.5. The molecule has 1 unspecified atom stereocenters. The third kappa shape index (κ3) is 4.58. The van der Waals surface area contributed by atoms with Gasteiger partial charge in [-0.25, -0.2) is 9.97 Å². The molecule has 0 fully saturated rings. The molecule has 196 valence electrons. The van der Waals surface area contributed by atoms with E-state index in [-0.39, 0.29) is 41.5 Å². The van der Waals surface area contributed by atoms with Crippen LogP contribution in [0.4, 0.5) is 5.69 Å². The summed E-state index contributed by atoms with van der Waals surface area (Å²) in [4.78, 5) is 57.3. The Morgan fingerprint density at radius 2 is 1.87 bits per heavy atom. The van der Waals surface area contributed by atoms with Gasteiger partial charge in [0.15, 0.2) is 0 Å². The van der Waals surface area contributed by atoms with E-state index < -0.39 is 17.6 Å². The number of amides is 2. The van der Waals surface area contributed by atoms with Crippen LogP contribution in [0.5, 0.6) is 0 Å². The number of carbonyl (C=O) groups is 2. The van der Waals surface area contributed by atoms with Gasteiger partial charge < -0.3 is 25.4 Å². The van der Waals surface area contributed by atoms with Gasteiger partial charge in [0.25, 0.3) is 17.4 Å². The van der Waals surface area contributed by atoms with E-state index in [2.05, 4.69) is 30.2 Å². The van der Waals surface area contributed by atoms with Crippen LogP contribution in [0.2, 0.25) is 5.02 Å². The number of benzene rings is 2. The number of aliphatic hydroxyl groups is 1. The van der Waals surface area contributed by atoms with Crippen molar-refractivity contribution in [2.24, 2.45) is 0 Å². The predicted octanol–water partition coefficient (Wildman–Crippen LogP) is 3.28. The summed E-state index contributed by atoms with van der Waals surface area (Å²) in [6.45, 7) is 0.333. The van der Waals surface area contributed by atoms with Crippen molar-refractivity contribution in [1.29, 1.82) is 0 Å². The van der Waals surface area contributed by atoms with Crippen LogP contribution in [0, 0.1) is 0 Å². The van der Waals surface area contributed by atoms with Crippen LogP contribution in [0.3, 0.4) is 0 Å². The maximum absolute atomic E-state index is 13.0. The molecule has 0 aliphatic carbocycles. The molecule has 1 aliphatic heterocycles. The lowest BCUT2D eigenvalue weighted by molar-refractivity contribution is 0.0656. The predicted molar refractivity (Wildman–Crippen MR) is 145 cm³/mol. The lowest BCUT2D eigenvalue weighted by Gasteiger charge is -2.15. The van der Waals surface area contributed by atoms with E-state index in [0.717, 1.165) is 5.69 Å². The number of H-pyrrole nitrogens is 3. The molecule has 5 aromatic rings. The van der Waals surface area contributed by atoms with Gasteiger partial charge in [0.05, 0.1) is 40.3 Å². The van der Waals surface area contributed by atoms with E-state index in [1.54, 1.807) is 55.0 Å². The fourth-order valence-corrected chi connectivity index (χ4v) is 4.87. The number of nitrogens with one attached hydrogen (secondary N) is 4. The molecule has 2 amide bonds. The fourth-order valence-electron chi connectivity index (χ4n) is 4.67. The smallest absolute Gasteiger partial charge is 0.261 e. The quantitative estimate of drug-likeness (QED) is 0.188. The second kappa shape index (κ2) is 9.86. The van der Waals surface area contributed by atoms with Gasteiger partial charge in [-0.05, 0) is 35.9 Å². The first-order valence-corrected chi connectivity index (χ1v) is 12.5. The monoisotopic (exact) mass is 543 g/mol. The summed E-state index contributed by atoms with van der Waals surface area (Å²) in [5, 5.41) is 14.2. The van der Waals surface area contributed by atoms with Crippen LogP contribution in [0.15, 0.2) is 66.0 Å². The molecule has 5 N–H and O–H groups in total. The Morgan fingerprint density at radius 1 is 1.05 bits per heavy atom. The lowest BCUT2D eigenvalue weighted by atomic mass is 10.1. The number of pyridine rings is 1. The number of rotatable bonds is 8. The van der Waals surface area contributed by atoms with Gasteiger partial charge in [-0.15, -0.1) is 0 Å². The Labute approximate surface area is 225 Å². The number of halogens is 1. The summed E-state index contributed by atoms with van der Waals surface area (Å²) in [6, 6.07) is 11.7. The van der Waals surface area contributed by atoms with E-state index in [1.165, 1.54) is 11.1 Å². The van der Waals surface area contributed by atoms with Gasteiger partial charge in [-0.2, -0.15) is 0 Å². The molecule has 1 aliphatic rings. The molecule has 0 saturated heterocycles. The zero-order valence-corrected chi connectivity index (χ0v) is 21.1. The van der Waals surface area contributed by atoms with E-state index >= 15 is 0 Å². The molecule has 6 rings (SSSR count). The number of anilines is 1. The Hall–Kier alpha value is -4.74. The topological polar surface area (TPSA) is 160 Å². The second-order valence-electron chi connectivity index (χ2n) is 9.14. The number of aromatic amines is 3. The molecule has 0 spiro atoms. The Morgan fingerprint density at radius 3 is 2.64 bits per heavy atom. The molecule has 0 bridgehead atoms. The first-order valence-electron chi connectivity index (χ1n) is 12.2. The zero-order chi connectivity index (χ0) is 27.1. The van der Waals surface area contributed by atoms with E-state index in [0.29, 0.717) is 33.7 Å². The van der Waals surface area contributed by atoms with E-state index in [4.69, 9.17) is 11.6 Å². The molecule has 4 heterocycles. The average Bonchev–Trinajstić information content (AvgIpc) is 3.64. The number of carbonyl (C=O) groups excluding carboxylic acids is 2. The van der Waals surface area contributed by atoms with E-state index in [9.17, 15) is 19.5 Å². The second-order valence-corrected chi connectivity index (χ2v) is 9.57. The van der Waals surface area contributed by atoms with Gasteiger partial charge in [-0.3, -0.25) is 19.3 Å². The van der Waals surface area contributed by atoms with Crippen LogP contribution in [0.25, 0.3) is 22.4 Å². The number of nitrogens with zero attached hydrogens (tertiary/aromatic N) is 3. The normalized spacial score (nSPS) is 13.7. The highest BCUT2D eigenvalue weighted by Crippen LogP contribution is 2.30. The van der Waals surface area contributed by atoms with Crippen LogP contribution >= 0.6 is 11.6 Å². The first kappa shape index (κ1) is 24.6. The summed E-state index contributed by atoms with van der Waals surface area (Å²) in [5.41, 5.74) is 3.21.